The summed E-state index contributed by atoms with van der Waals surface area (Å²) in [5.41, 5.74) is 1.05. The number of hydrogen-bond donors (Lipinski definition) is 1. The van der Waals surface area contributed by atoms with Crippen molar-refractivity contribution in [2.45, 2.75) is 6.92 Å². The Morgan fingerprint density at radius 3 is 2.76 bits per heavy atom. The highest BCUT2D eigenvalue weighted by molar-refractivity contribution is 6.08. The second-order valence-electron chi connectivity index (χ2n) is 5.44. The van der Waals surface area contributed by atoms with Gasteiger partial charge in [0.1, 0.15) is 23.7 Å². The topological polar surface area (TPSA) is 77.8 Å². The van der Waals surface area contributed by atoms with Crippen LogP contribution in [-0.4, -0.2) is 35.8 Å². The molecule has 6 nitrogen and oxygen atoms in total. The lowest BCUT2D eigenvalue weighted by Gasteiger charge is -2.10. The van der Waals surface area contributed by atoms with E-state index in [0.717, 1.165) is 5.56 Å². The molecule has 0 aliphatic rings. The van der Waals surface area contributed by atoms with E-state index in [9.17, 15) is 9.59 Å². The molecule has 0 aliphatic heterocycles. The van der Waals surface area contributed by atoms with Gasteiger partial charge in [0.15, 0.2) is 5.78 Å². The number of aromatic nitrogens is 1. The fourth-order valence-corrected chi connectivity index (χ4v) is 2.31. The standard InChI is InChI=1S/C19H21NO5/c1-13-11-17(24-3)18(19(23)20(13)2)16(22)8-7-14-5-4-6-15(12-14)25-10-9-21/h4-8,11-12,21H,9-10H2,1-3H3. The van der Waals surface area contributed by atoms with Gasteiger partial charge in [-0.2, -0.15) is 0 Å². The van der Waals surface area contributed by atoms with Gasteiger partial charge in [-0.05, 0) is 30.7 Å². The fraction of sp³-hybridized carbons (Fsp3) is 0.263. The van der Waals surface area contributed by atoms with E-state index in [-0.39, 0.29) is 24.5 Å². The molecule has 0 radical (unpaired) electrons. The summed E-state index contributed by atoms with van der Waals surface area (Å²) < 4.78 is 11.9. The quantitative estimate of drug-likeness (QED) is 0.614. The number of aliphatic hydroxyl groups is 1. The van der Waals surface area contributed by atoms with Crippen LogP contribution in [0.25, 0.3) is 6.08 Å². The van der Waals surface area contributed by atoms with Crippen molar-refractivity contribution in [3.05, 3.63) is 63.6 Å². The summed E-state index contributed by atoms with van der Waals surface area (Å²) in [4.78, 5) is 24.9. The van der Waals surface area contributed by atoms with Crippen LogP contribution >= 0.6 is 0 Å². The second kappa shape index (κ2) is 8.30. The number of carbonyl (C=O) groups excluding carboxylic acids is 1. The van der Waals surface area contributed by atoms with Gasteiger partial charge in [-0.1, -0.05) is 18.2 Å². The fourth-order valence-electron chi connectivity index (χ4n) is 2.31. The van der Waals surface area contributed by atoms with E-state index < -0.39 is 11.3 Å². The molecule has 1 aromatic carbocycles. The van der Waals surface area contributed by atoms with Crippen molar-refractivity contribution in [1.82, 2.24) is 4.57 Å². The summed E-state index contributed by atoms with van der Waals surface area (Å²) in [6.07, 6.45) is 2.94. The number of aryl methyl sites for hydroxylation is 1. The van der Waals surface area contributed by atoms with Gasteiger partial charge >= 0.3 is 0 Å². The van der Waals surface area contributed by atoms with Crippen LogP contribution in [0.5, 0.6) is 11.5 Å². The van der Waals surface area contributed by atoms with Crippen molar-refractivity contribution in [3.63, 3.8) is 0 Å². The number of carbonyl (C=O) groups is 1. The smallest absolute Gasteiger partial charge is 0.265 e. The molecule has 1 aromatic heterocycles. The molecule has 0 bridgehead atoms. The van der Waals surface area contributed by atoms with Gasteiger partial charge in [-0.25, -0.2) is 0 Å². The van der Waals surface area contributed by atoms with Crippen molar-refractivity contribution >= 4 is 11.9 Å². The van der Waals surface area contributed by atoms with E-state index in [4.69, 9.17) is 14.6 Å². The second-order valence-corrected chi connectivity index (χ2v) is 5.44. The number of benzene rings is 1. The summed E-state index contributed by atoms with van der Waals surface area (Å²) >= 11 is 0. The van der Waals surface area contributed by atoms with Gasteiger partial charge in [-0.3, -0.25) is 9.59 Å². The predicted molar refractivity (Wildman–Crippen MR) is 95.4 cm³/mol. The molecule has 0 saturated carbocycles. The molecule has 2 rings (SSSR count). The molecule has 2 aromatic rings. The zero-order valence-corrected chi connectivity index (χ0v) is 14.5. The first-order valence-electron chi connectivity index (χ1n) is 7.78. The Balaban J connectivity index is 2.30. The third-order valence-electron chi connectivity index (χ3n) is 3.75. The lowest BCUT2D eigenvalue weighted by atomic mass is 10.1. The molecule has 6 heteroatoms. The Labute approximate surface area is 145 Å². The Bertz CT molecular complexity index is 851. The van der Waals surface area contributed by atoms with E-state index in [2.05, 4.69) is 0 Å². The number of ketones is 1. The van der Waals surface area contributed by atoms with Crippen molar-refractivity contribution in [3.8, 4) is 11.5 Å². The van der Waals surface area contributed by atoms with E-state index in [1.807, 2.05) is 0 Å². The van der Waals surface area contributed by atoms with Crippen LogP contribution in [0, 0.1) is 6.92 Å². The Kier molecular flexibility index (Phi) is 6.14. The summed E-state index contributed by atoms with van der Waals surface area (Å²) in [6.45, 7) is 1.89. The highest BCUT2D eigenvalue weighted by Crippen LogP contribution is 2.18. The van der Waals surface area contributed by atoms with Gasteiger partial charge < -0.3 is 19.1 Å². The number of allylic oxidation sites excluding steroid dienone is 1. The molecular formula is C19H21NO5. The van der Waals surface area contributed by atoms with Crippen molar-refractivity contribution in [2.24, 2.45) is 7.05 Å². The molecule has 0 atom stereocenters. The van der Waals surface area contributed by atoms with Gasteiger partial charge in [0.2, 0.25) is 0 Å². The van der Waals surface area contributed by atoms with Crippen molar-refractivity contribution in [1.29, 1.82) is 0 Å². The molecule has 0 aliphatic carbocycles. The van der Waals surface area contributed by atoms with Crippen LogP contribution in [0.1, 0.15) is 21.6 Å². The summed E-state index contributed by atoms with van der Waals surface area (Å²) in [6, 6.07) is 8.74. The number of pyridine rings is 1. The van der Waals surface area contributed by atoms with Gasteiger partial charge in [0, 0.05) is 18.8 Å². The number of rotatable bonds is 7. The largest absolute Gasteiger partial charge is 0.496 e. The first kappa shape index (κ1) is 18.5. The van der Waals surface area contributed by atoms with Crippen molar-refractivity contribution in [2.75, 3.05) is 20.3 Å². The minimum atomic E-state index is -0.431. The van der Waals surface area contributed by atoms with E-state index in [0.29, 0.717) is 11.4 Å². The molecule has 132 valence electrons. The Morgan fingerprint density at radius 2 is 2.08 bits per heavy atom. The van der Waals surface area contributed by atoms with Crippen LogP contribution in [0.3, 0.4) is 0 Å². The average Bonchev–Trinajstić information content (AvgIpc) is 2.62. The molecule has 0 fully saturated rings. The maximum Gasteiger partial charge on any atom is 0.265 e. The Morgan fingerprint density at radius 1 is 1.32 bits per heavy atom. The van der Waals surface area contributed by atoms with E-state index in [1.165, 1.54) is 17.8 Å². The third kappa shape index (κ3) is 4.36. The molecule has 25 heavy (non-hydrogen) atoms. The zero-order chi connectivity index (χ0) is 18.4. The maximum atomic E-state index is 12.5. The molecule has 0 amide bonds. The van der Waals surface area contributed by atoms with E-state index in [1.54, 1.807) is 50.4 Å². The van der Waals surface area contributed by atoms with Gasteiger partial charge in [-0.15, -0.1) is 0 Å². The lowest BCUT2D eigenvalue weighted by Crippen LogP contribution is -2.26. The minimum absolute atomic E-state index is 0.000430. The third-order valence-corrected chi connectivity index (χ3v) is 3.75. The monoisotopic (exact) mass is 343 g/mol. The first-order chi connectivity index (χ1) is 12.0. The number of methoxy groups -OCH3 is 1. The number of aliphatic hydroxyl groups excluding tert-OH is 1. The molecule has 1 N–H and O–H groups in total. The number of ether oxygens (including phenoxy) is 2. The van der Waals surface area contributed by atoms with Crippen LogP contribution in [0.15, 0.2) is 41.2 Å². The predicted octanol–water partition coefficient (Wildman–Crippen LogP) is 1.97. The Hall–Kier alpha value is -2.86. The van der Waals surface area contributed by atoms with Crippen LogP contribution < -0.4 is 15.0 Å². The highest BCUT2D eigenvalue weighted by atomic mass is 16.5. The van der Waals surface area contributed by atoms with Crippen LogP contribution in [0.4, 0.5) is 0 Å². The molecular weight excluding hydrogens is 322 g/mol. The number of nitrogens with zero attached hydrogens (tertiary/aromatic N) is 1. The zero-order valence-electron chi connectivity index (χ0n) is 14.5. The lowest BCUT2D eigenvalue weighted by molar-refractivity contribution is 0.104. The number of hydrogen-bond acceptors (Lipinski definition) is 5. The summed E-state index contributed by atoms with van der Waals surface area (Å²) in [7, 11) is 3.04. The maximum absolute atomic E-state index is 12.5. The molecule has 1 heterocycles. The van der Waals surface area contributed by atoms with Crippen LogP contribution in [-0.2, 0) is 7.05 Å². The van der Waals surface area contributed by atoms with Crippen molar-refractivity contribution < 1.29 is 19.4 Å². The van der Waals surface area contributed by atoms with Gasteiger partial charge in [0.25, 0.3) is 5.56 Å². The molecule has 0 saturated heterocycles. The normalized spacial score (nSPS) is 10.9. The van der Waals surface area contributed by atoms with Gasteiger partial charge in [0.05, 0.1) is 13.7 Å². The molecule has 0 unspecified atom stereocenters. The highest BCUT2D eigenvalue weighted by Gasteiger charge is 2.17. The summed E-state index contributed by atoms with van der Waals surface area (Å²) in [5, 5.41) is 8.79. The first-order valence-corrected chi connectivity index (χ1v) is 7.78. The van der Waals surface area contributed by atoms with Crippen LogP contribution in [0.2, 0.25) is 0 Å². The van der Waals surface area contributed by atoms with E-state index >= 15 is 0 Å². The molecule has 0 spiro atoms. The summed E-state index contributed by atoms with van der Waals surface area (Å²) in [5.74, 6) is 0.418. The minimum Gasteiger partial charge on any atom is -0.496 e. The average molecular weight is 343 g/mol. The SMILES string of the molecule is COc1cc(C)n(C)c(=O)c1C(=O)C=Cc1cccc(OCCO)c1.